The molecule has 0 unspecified atom stereocenters. The lowest BCUT2D eigenvalue weighted by molar-refractivity contribution is -0.120. The van der Waals surface area contributed by atoms with E-state index in [1.807, 2.05) is 12.1 Å². The zero-order valence-electron chi connectivity index (χ0n) is 14.7. The van der Waals surface area contributed by atoms with Crippen LogP contribution in [0, 0.1) is 0 Å². The number of amides is 1. The molecule has 1 saturated carbocycles. The molecule has 1 aromatic rings. The summed E-state index contributed by atoms with van der Waals surface area (Å²) >= 11 is 0. The van der Waals surface area contributed by atoms with Gasteiger partial charge in [0, 0.05) is 50.2 Å². The smallest absolute Gasteiger partial charge is 0.250 e. The SMILES string of the molecule is CCCCOCC(=O)Nc1ccc(N2CCN(C3CC3)CC2)cc1. The maximum Gasteiger partial charge on any atom is 0.250 e. The first-order valence-electron chi connectivity index (χ1n) is 9.23. The monoisotopic (exact) mass is 331 g/mol. The van der Waals surface area contributed by atoms with E-state index in [0.717, 1.165) is 50.7 Å². The van der Waals surface area contributed by atoms with Crippen LogP contribution in [0.4, 0.5) is 11.4 Å². The van der Waals surface area contributed by atoms with E-state index in [2.05, 4.69) is 34.2 Å². The van der Waals surface area contributed by atoms with E-state index in [0.29, 0.717) is 6.61 Å². The van der Waals surface area contributed by atoms with Gasteiger partial charge in [0.05, 0.1) is 0 Å². The maximum absolute atomic E-state index is 11.8. The molecule has 3 rings (SSSR count). The van der Waals surface area contributed by atoms with Crippen molar-refractivity contribution < 1.29 is 9.53 Å². The van der Waals surface area contributed by atoms with Gasteiger partial charge in [0.25, 0.3) is 0 Å². The number of carbonyl (C=O) groups excluding carboxylic acids is 1. The van der Waals surface area contributed by atoms with Crippen LogP contribution in [0.15, 0.2) is 24.3 Å². The quantitative estimate of drug-likeness (QED) is 0.744. The Kier molecular flexibility index (Phi) is 6.10. The molecule has 1 aromatic carbocycles. The van der Waals surface area contributed by atoms with Crippen LogP contribution in [-0.4, -0.2) is 56.2 Å². The van der Waals surface area contributed by atoms with Gasteiger partial charge in [0.1, 0.15) is 6.61 Å². The Labute approximate surface area is 145 Å². The van der Waals surface area contributed by atoms with E-state index in [9.17, 15) is 4.79 Å². The molecule has 2 aliphatic rings. The van der Waals surface area contributed by atoms with Gasteiger partial charge in [-0.05, 0) is 43.5 Å². The summed E-state index contributed by atoms with van der Waals surface area (Å²) in [6, 6.07) is 9.02. The summed E-state index contributed by atoms with van der Waals surface area (Å²) in [5, 5.41) is 2.89. The van der Waals surface area contributed by atoms with Crippen molar-refractivity contribution >= 4 is 17.3 Å². The minimum Gasteiger partial charge on any atom is -0.372 e. The summed E-state index contributed by atoms with van der Waals surface area (Å²) in [5.74, 6) is -0.0862. The molecule has 2 fully saturated rings. The number of anilines is 2. The zero-order valence-corrected chi connectivity index (χ0v) is 14.7. The lowest BCUT2D eigenvalue weighted by Gasteiger charge is -2.36. The van der Waals surface area contributed by atoms with Crippen LogP contribution in [0.25, 0.3) is 0 Å². The van der Waals surface area contributed by atoms with Crippen molar-refractivity contribution in [1.29, 1.82) is 0 Å². The number of unbranched alkanes of at least 4 members (excludes halogenated alkanes) is 1. The number of piperazine rings is 1. The Morgan fingerprint density at radius 3 is 2.50 bits per heavy atom. The Balaban J connectivity index is 1.42. The standard InChI is InChI=1S/C19H29N3O2/c1-2-3-14-24-15-19(23)20-16-4-6-17(7-5-16)21-10-12-22(13-11-21)18-8-9-18/h4-7,18H,2-3,8-15H2,1H3,(H,20,23). The summed E-state index contributed by atoms with van der Waals surface area (Å²) in [7, 11) is 0. The lowest BCUT2D eigenvalue weighted by Crippen LogP contribution is -2.47. The Morgan fingerprint density at radius 1 is 1.17 bits per heavy atom. The van der Waals surface area contributed by atoms with E-state index >= 15 is 0 Å². The second-order valence-electron chi connectivity index (χ2n) is 6.76. The summed E-state index contributed by atoms with van der Waals surface area (Å²) in [6.45, 7) is 7.40. The Hall–Kier alpha value is -1.59. The van der Waals surface area contributed by atoms with Crippen LogP contribution in [0.1, 0.15) is 32.6 Å². The van der Waals surface area contributed by atoms with Crippen molar-refractivity contribution in [3.05, 3.63) is 24.3 Å². The van der Waals surface area contributed by atoms with Gasteiger partial charge < -0.3 is 15.0 Å². The van der Waals surface area contributed by atoms with Gasteiger partial charge in [-0.1, -0.05) is 13.3 Å². The first kappa shape index (κ1) is 17.2. The average molecular weight is 331 g/mol. The average Bonchev–Trinajstić information content (AvgIpc) is 3.45. The largest absolute Gasteiger partial charge is 0.372 e. The van der Waals surface area contributed by atoms with E-state index in [1.165, 1.54) is 18.5 Å². The van der Waals surface area contributed by atoms with Crippen molar-refractivity contribution in [2.75, 3.05) is 49.6 Å². The minimum absolute atomic E-state index is 0.0862. The van der Waals surface area contributed by atoms with Crippen LogP contribution >= 0.6 is 0 Å². The summed E-state index contributed by atoms with van der Waals surface area (Å²) in [6.07, 6.45) is 4.85. The number of rotatable bonds is 8. The molecule has 0 aromatic heterocycles. The third kappa shape index (κ3) is 4.95. The molecule has 0 atom stereocenters. The molecular formula is C19H29N3O2. The Morgan fingerprint density at radius 2 is 1.88 bits per heavy atom. The van der Waals surface area contributed by atoms with Gasteiger partial charge in [0.15, 0.2) is 0 Å². The van der Waals surface area contributed by atoms with Crippen molar-refractivity contribution in [2.45, 2.75) is 38.6 Å². The van der Waals surface area contributed by atoms with E-state index < -0.39 is 0 Å². The van der Waals surface area contributed by atoms with Crippen molar-refractivity contribution in [2.24, 2.45) is 0 Å². The van der Waals surface area contributed by atoms with Gasteiger partial charge in [-0.15, -0.1) is 0 Å². The molecule has 1 N–H and O–H groups in total. The fraction of sp³-hybridized carbons (Fsp3) is 0.632. The summed E-state index contributed by atoms with van der Waals surface area (Å²) in [5.41, 5.74) is 2.07. The molecule has 1 amide bonds. The molecule has 1 aliphatic carbocycles. The van der Waals surface area contributed by atoms with Crippen molar-refractivity contribution in [3.63, 3.8) is 0 Å². The molecule has 0 bridgehead atoms. The molecule has 1 saturated heterocycles. The fourth-order valence-electron chi connectivity index (χ4n) is 3.15. The molecule has 0 radical (unpaired) electrons. The second kappa shape index (κ2) is 8.49. The first-order chi connectivity index (χ1) is 11.8. The van der Waals surface area contributed by atoms with Gasteiger partial charge >= 0.3 is 0 Å². The normalized spacial score (nSPS) is 18.6. The molecule has 5 nitrogen and oxygen atoms in total. The number of carbonyl (C=O) groups is 1. The third-order valence-electron chi connectivity index (χ3n) is 4.77. The molecule has 1 heterocycles. The van der Waals surface area contributed by atoms with Gasteiger partial charge in [-0.3, -0.25) is 9.69 Å². The van der Waals surface area contributed by atoms with Crippen LogP contribution in [-0.2, 0) is 9.53 Å². The highest BCUT2D eigenvalue weighted by atomic mass is 16.5. The number of hydrogen-bond donors (Lipinski definition) is 1. The Bertz CT molecular complexity index is 520. The highest BCUT2D eigenvalue weighted by Gasteiger charge is 2.31. The lowest BCUT2D eigenvalue weighted by atomic mass is 10.2. The molecule has 5 heteroatoms. The van der Waals surface area contributed by atoms with Crippen LogP contribution in [0.5, 0.6) is 0 Å². The number of nitrogens with one attached hydrogen (secondary N) is 1. The topological polar surface area (TPSA) is 44.8 Å². The van der Waals surface area contributed by atoms with Crippen LogP contribution in [0.3, 0.4) is 0 Å². The highest BCUT2D eigenvalue weighted by molar-refractivity contribution is 5.91. The third-order valence-corrected chi connectivity index (χ3v) is 4.77. The zero-order chi connectivity index (χ0) is 16.8. The predicted molar refractivity (Wildman–Crippen MR) is 97.6 cm³/mol. The van der Waals surface area contributed by atoms with Crippen LogP contribution < -0.4 is 10.2 Å². The number of benzene rings is 1. The molecule has 132 valence electrons. The van der Waals surface area contributed by atoms with Crippen molar-refractivity contribution in [3.8, 4) is 0 Å². The number of ether oxygens (including phenoxy) is 1. The van der Waals surface area contributed by atoms with Gasteiger partial charge in [0.2, 0.25) is 5.91 Å². The van der Waals surface area contributed by atoms with Gasteiger partial charge in [-0.25, -0.2) is 0 Å². The van der Waals surface area contributed by atoms with E-state index in [1.54, 1.807) is 0 Å². The highest BCUT2D eigenvalue weighted by Crippen LogP contribution is 2.28. The summed E-state index contributed by atoms with van der Waals surface area (Å²) < 4.78 is 5.34. The molecular weight excluding hydrogens is 302 g/mol. The number of hydrogen-bond acceptors (Lipinski definition) is 4. The van der Waals surface area contributed by atoms with Gasteiger partial charge in [-0.2, -0.15) is 0 Å². The fourth-order valence-corrected chi connectivity index (χ4v) is 3.15. The maximum atomic E-state index is 11.8. The molecule has 24 heavy (non-hydrogen) atoms. The molecule has 1 aliphatic heterocycles. The van der Waals surface area contributed by atoms with Crippen LogP contribution in [0.2, 0.25) is 0 Å². The summed E-state index contributed by atoms with van der Waals surface area (Å²) in [4.78, 5) is 16.9. The predicted octanol–water partition coefficient (Wildman–Crippen LogP) is 2.73. The van der Waals surface area contributed by atoms with Crippen molar-refractivity contribution in [1.82, 2.24) is 4.90 Å². The van der Waals surface area contributed by atoms with E-state index in [-0.39, 0.29) is 12.5 Å². The molecule has 0 spiro atoms. The number of nitrogens with zero attached hydrogens (tertiary/aromatic N) is 2. The van der Waals surface area contributed by atoms with E-state index in [4.69, 9.17) is 4.74 Å². The minimum atomic E-state index is -0.0862. The second-order valence-corrected chi connectivity index (χ2v) is 6.76. The first-order valence-corrected chi connectivity index (χ1v) is 9.23.